The molecule has 0 amide bonds. The molecule has 4 nitrogen and oxygen atoms in total. The minimum absolute atomic E-state index is 0.165. The van der Waals surface area contributed by atoms with Gasteiger partial charge >= 0.3 is 5.97 Å². The Labute approximate surface area is 151 Å². The molecule has 0 aliphatic heterocycles. The number of hydrogen-bond donors (Lipinski definition) is 1. The molecule has 1 aromatic carbocycles. The zero-order valence-electron chi connectivity index (χ0n) is 15.8. The van der Waals surface area contributed by atoms with Crippen molar-refractivity contribution in [2.45, 2.75) is 63.8 Å². The summed E-state index contributed by atoms with van der Waals surface area (Å²) in [6, 6.07) is 10.2. The highest BCUT2D eigenvalue weighted by Gasteiger charge is 2.51. The van der Waals surface area contributed by atoms with E-state index >= 15 is 0 Å². The summed E-state index contributed by atoms with van der Waals surface area (Å²) < 4.78 is 24.0. The highest BCUT2D eigenvalue weighted by Crippen LogP contribution is 2.31. The van der Waals surface area contributed by atoms with E-state index in [0.717, 1.165) is 5.56 Å². The zero-order chi connectivity index (χ0) is 18.9. The SMILES string of the molecule is CCOC(=O)C(O)(CCOCc1ccccc1)[Si](C)(C)CCC(C)F. The predicted octanol–water partition coefficient (Wildman–Crippen LogP) is 3.88. The molecule has 0 heterocycles. The van der Waals surface area contributed by atoms with Crippen LogP contribution in [0.4, 0.5) is 4.39 Å². The van der Waals surface area contributed by atoms with Crippen LogP contribution in [0.5, 0.6) is 0 Å². The van der Waals surface area contributed by atoms with Gasteiger partial charge in [0.1, 0.15) is 0 Å². The van der Waals surface area contributed by atoms with Crippen LogP contribution in [0.2, 0.25) is 19.1 Å². The smallest absolute Gasteiger partial charge is 0.334 e. The van der Waals surface area contributed by atoms with Crippen LogP contribution in [0.25, 0.3) is 0 Å². The molecule has 2 unspecified atom stereocenters. The maximum Gasteiger partial charge on any atom is 0.334 e. The fourth-order valence-corrected chi connectivity index (χ4v) is 5.65. The number of benzene rings is 1. The van der Waals surface area contributed by atoms with Crippen LogP contribution in [0.15, 0.2) is 30.3 Å². The van der Waals surface area contributed by atoms with Gasteiger partial charge < -0.3 is 14.6 Å². The molecule has 0 aliphatic rings. The second-order valence-corrected chi connectivity index (χ2v) is 12.2. The highest BCUT2D eigenvalue weighted by atomic mass is 28.3. The monoisotopic (exact) mass is 370 g/mol. The summed E-state index contributed by atoms with van der Waals surface area (Å²) in [6.07, 6.45) is -0.447. The van der Waals surface area contributed by atoms with Gasteiger partial charge in [0.05, 0.1) is 34.1 Å². The quantitative estimate of drug-likeness (QED) is 0.365. The Kier molecular flexibility index (Phi) is 8.75. The first-order valence-electron chi connectivity index (χ1n) is 8.88. The number of halogens is 1. The van der Waals surface area contributed by atoms with Crippen LogP contribution >= 0.6 is 0 Å². The fraction of sp³-hybridized carbons (Fsp3) is 0.632. The summed E-state index contributed by atoms with van der Waals surface area (Å²) >= 11 is 0. The van der Waals surface area contributed by atoms with Crippen molar-refractivity contribution in [1.82, 2.24) is 0 Å². The van der Waals surface area contributed by atoms with Crippen LogP contribution in [0.3, 0.4) is 0 Å². The van der Waals surface area contributed by atoms with Gasteiger partial charge in [-0.1, -0.05) is 49.5 Å². The Morgan fingerprint density at radius 3 is 2.52 bits per heavy atom. The van der Waals surface area contributed by atoms with E-state index in [1.165, 1.54) is 6.92 Å². The number of ether oxygens (including phenoxy) is 2. The minimum Gasteiger partial charge on any atom is -0.464 e. The molecule has 6 heteroatoms. The van der Waals surface area contributed by atoms with Crippen molar-refractivity contribution in [3.63, 3.8) is 0 Å². The van der Waals surface area contributed by atoms with Crippen molar-refractivity contribution in [2.75, 3.05) is 13.2 Å². The van der Waals surface area contributed by atoms with E-state index in [9.17, 15) is 14.3 Å². The maximum atomic E-state index is 13.3. The van der Waals surface area contributed by atoms with Crippen molar-refractivity contribution in [3.05, 3.63) is 35.9 Å². The second-order valence-electron chi connectivity index (χ2n) is 7.07. The third-order valence-corrected chi connectivity index (χ3v) is 8.85. The van der Waals surface area contributed by atoms with E-state index < -0.39 is 25.4 Å². The molecule has 0 spiro atoms. The summed E-state index contributed by atoms with van der Waals surface area (Å²) in [4.78, 5) is 12.4. The molecule has 1 rings (SSSR count). The number of carbonyl (C=O) groups excluding carboxylic acids is 1. The van der Waals surface area contributed by atoms with Crippen LogP contribution in [0.1, 0.15) is 32.3 Å². The Bertz CT molecular complexity index is 521. The Morgan fingerprint density at radius 1 is 1.32 bits per heavy atom. The average molecular weight is 371 g/mol. The third kappa shape index (κ3) is 6.53. The van der Waals surface area contributed by atoms with Gasteiger partial charge in [0, 0.05) is 6.42 Å². The van der Waals surface area contributed by atoms with Crippen molar-refractivity contribution >= 4 is 14.0 Å². The first-order valence-corrected chi connectivity index (χ1v) is 12.1. The minimum atomic E-state index is -2.49. The number of rotatable bonds is 11. The van der Waals surface area contributed by atoms with Gasteiger partial charge in [-0.05, 0) is 25.8 Å². The summed E-state index contributed by atoms with van der Waals surface area (Å²) in [5, 5.41) is 9.56. The van der Waals surface area contributed by atoms with Crippen LogP contribution in [0, 0.1) is 0 Å². The van der Waals surface area contributed by atoms with Crippen LogP contribution < -0.4 is 0 Å². The summed E-state index contributed by atoms with van der Waals surface area (Å²) in [5.41, 5.74) is 1.03. The van der Waals surface area contributed by atoms with Gasteiger partial charge in [-0.25, -0.2) is 9.18 Å². The average Bonchev–Trinajstić information content (AvgIpc) is 2.57. The van der Waals surface area contributed by atoms with E-state index in [-0.39, 0.29) is 19.6 Å². The molecule has 2 atom stereocenters. The topological polar surface area (TPSA) is 55.8 Å². The molecule has 0 aliphatic carbocycles. The van der Waals surface area contributed by atoms with Crippen molar-refractivity contribution in [1.29, 1.82) is 0 Å². The lowest BCUT2D eigenvalue weighted by atomic mass is 10.2. The van der Waals surface area contributed by atoms with Gasteiger partial charge in [0.15, 0.2) is 5.22 Å². The van der Waals surface area contributed by atoms with Crippen LogP contribution in [-0.4, -0.2) is 43.8 Å². The van der Waals surface area contributed by atoms with E-state index in [0.29, 0.717) is 19.1 Å². The molecule has 25 heavy (non-hydrogen) atoms. The largest absolute Gasteiger partial charge is 0.464 e. The number of alkyl halides is 1. The molecule has 0 radical (unpaired) electrons. The number of hydrogen-bond acceptors (Lipinski definition) is 4. The van der Waals surface area contributed by atoms with Gasteiger partial charge in [-0.3, -0.25) is 0 Å². The fourth-order valence-electron chi connectivity index (χ4n) is 2.72. The predicted molar refractivity (Wildman–Crippen MR) is 99.8 cm³/mol. The van der Waals surface area contributed by atoms with Crippen molar-refractivity contribution < 1.29 is 23.8 Å². The van der Waals surface area contributed by atoms with Gasteiger partial charge in [-0.2, -0.15) is 0 Å². The molecule has 0 saturated carbocycles. The number of esters is 1. The molecule has 142 valence electrons. The summed E-state index contributed by atoms with van der Waals surface area (Å²) in [6.45, 7) is 7.89. The van der Waals surface area contributed by atoms with E-state index in [4.69, 9.17) is 9.47 Å². The molecule has 0 saturated heterocycles. The van der Waals surface area contributed by atoms with Crippen molar-refractivity contribution in [3.8, 4) is 0 Å². The standard InChI is InChI=1S/C19H31FO4Si/c1-5-24-18(21)19(22,25(3,4)14-11-16(2)20)12-13-23-15-17-9-7-6-8-10-17/h6-10,16,22H,5,11-15H2,1-4H3. The van der Waals surface area contributed by atoms with E-state index in [2.05, 4.69) is 0 Å². The Morgan fingerprint density at radius 2 is 1.96 bits per heavy atom. The highest BCUT2D eigenvalue weighted by molar-refractivity contribution is 6.83. The van der Waals surface area contributed by atoms with E-state index in [1.807, 2.05) is 43.4 Å². The molecular weight excluding hydrogens is 339 g/mol. The lowest BCUT2D eigenvalue weighted by Crippen LogP contribution is -2.61. The Balaban J connectivity index is 2.72. The number of carbonyl (C=O) groups is 1. The normalized spacial score (nSPS) is 15.4. The molecule has 0 aromatic heterocycles. The van der Waals surface area contributed by atoms with Crippen LogP contribution in [-0.2, 0) is 20.9 Å². The lowest BCUT2D eigenvalue weighted by Gasteiger charge is -2.39. The molecule has 1 N–H and O–H groups in total. The van der Waals surface area contributed by atoms with Gasteiger partial charge in [0.2, 0.25) is 0 Å². The molecule has 0 bridgehead atoms. The molecular formula is C19H31FO4Si. The molecule has 1 aromatic rings. The molecule has 0 fully saturated rings. The summed E-state index contributed by atoms with van der Waals surface area (Å²) in [7, 11) is -2.49. The van der Waals surface area contributed by atoms with Gasteiger partial charge in [-0.15, -0.1) is 0 Å². The number of aliphatic hydroxyl groups is 1. The second kappa shape index (κ2) is 10.0. The van der Waals surface area contributed by atoms with Crippen molar-refractivity contribution in [2.24, 2.45) is 0 Å². The maximum absolute atomic E-state index is 13.3. The zero-order valence-corrected chi connectivity index (χ0v) is 16.8. The Hall–Kier alpha value is -1.24. The third-order valence-electron chi connectivity index (χ3n) is 4.62. The first-order chi connectivity index (χ1) is 11.7. The van der Waals surface area contributed by atoms with E-state index in [1.54, 1.807) is 6.92 Å². The first kappa shape index (κ1) is 21.8. The van der Waals surface area contributed by atoms with Gasteiger partial charge in [0.25, 0.3) is 0 Å². The summed E-state index contributed by atoms with van der Waals surface area (Å²) in [5.74, 6) is -0.610. The lowest BCUT2D eigenvalue weighted by molar-refractivity contribution is -0.159.